The second-order valence-corrected chi connectivity index (χ2v) is 17.7. The number of nitriles is 3. The number of imidazole rings is 1. The first kappa shape index (κ1) is 52.1. The van der Waals surface area contributed by atoms with Gasteiger partial charge < -0.3 is 19.1 Å². The van der Waals surface area contributed by atoms with E-state index in [1.807, 2.05) is 48.2 Å². The van der Waals surface area contributed by atoms with Crippen LogP contribution in [0.5, 0.6) is 0 Å². The van der Waals surface area contributed by atoms with Crippen molar-refractivity contribution in [1.29, 1.82) is 15.8 Å². The van der Waals surface area contributed by atoms with E-state index >= 15 is 0 Å². The Balaban J connectivity index is 0.000000410. The molecule has 3 aromatic heterocycles. The number of pyridine rings is 2. The molecule has 0 saturated heterocycles. The van der Waals surface area contributed by atoms with Crippen molar-refractivity contribution in [3.05, 3.63) is 211 Å². The van der Waals surface area contributed by atoms with Gasteiger partial charge in [0.2, 0.25) is 12.0 Å². The summed E-state index contributed by atoms with van der Waals surface area (Å²) in [5.74, 6) is 0. The predicted octanol–water partition coefficient (Wildman–Crippen LogP) is 13.4. The molecule has 0 aliphatic heterocycles. The van der Waals surface area contributed by atoms with Gasteiger partial charge in [0.1, 0.15) is 6.57 Å². The van der Waals surface area contributed by atoms with Crippen LogP contribution >= 0.6 is 0 Å². The van der Waals surface area contributed by atoms with Crippen LogP contribution in [0.3, 0.4) is 0 Å². The third-order valence-electron chi connectivity index (χ3n) is 12.4. The van der Waals surface area contributed by atoms with Gasteiger partial charge in [0.15, 0.2) is 5.69 Å². The molecule has 0 unspecified atom stereocenters. The number of nitrogens with zero attached hydrogens (tertiary/aromatic N) is 9. The summed E-state index contributed by atoms with van der Waals surface area (Å²) >= 11 is 0. The van der Waals surface area contributed by atoms with E-state index in [1.165, 1.54) is 33.4 Å². The average molecular weight is 1100 g/mol. The zero-order chi connectivity index (χ0) is 50.2. The number of hydrogen-bond acceptors (Lipinski definition) is 5. The first-order valence-corrected chi connectivity index (χ1v) is 22.9. The Kier molecular flexibility index (Phi) is 16.8. The fraction of sp³-hybridized carbons (Fsp3) is 0.213. The Morgan fingerprint density at radius 2 is 1.13 bits per heavy atom. The first-order valence-electron chi connectivity index (χ1n) is 22.9. The molecule has 0 atom stereocenters. The van der Waals surface area contributed by atoms with Crippen LogP contribution in [0.1, 0.15) is 85.7 Å². The van der Waals surface area contributed by atoms with Gasteiger partial charge in [0, 0.05) is 61.1 Å². The van der Waals surface area contributed by atoms with Gasteiger partial charge in [0.25, 0.3) is 0 Å². The predicted molar refractivity (Wildman–Crippen MR) is 274 cm³/mol. The molecule has 0 saturated carbocycles. The van der Waals surface area contributed by atoms with Gasteiger partial charge in [-0.1, -0.05) is 76.5 Å². The van der Waals surface area contributed by atoms with Gasteiger partial charge in [0.05, 0.1) is 13.6 Å². The number of aromatic nitrogens is 4. The normalized spacial score (nSPS) is 10.4. The maximum atomic E-state index is 10.00. The molecular formula is C61H50IrN9-3. The van der Waals surface area contributed by atoms with Crippen molar-refractivity contribution >= 4 is 11.4 Å². The van der Waals surface area contributed by atoms with Gasteiger partial charge in [-0.2, -0.15) is 29.1 Å². The largest absolute Gasteiger partial charge is 0.345 e. The summed E-state index contributed by atoms with van der Waals surface area (Å²) in [6, 6.07) is 44.8. The molecule has 351 valence electrons. The van der Waals surface area contributed by atoms with E-state index in [0.717, 1.165) is 63.6 Å². The van der Waals surface area contributed by atoms with Crippen molar-refractivity contribution in [2.75, 3.05) is 0 Å². The van der Waals surface area contributed by atoms with Crippen molar-refractivity contribution in [2.45, 2.75) is 81.1 Å². The zero-order valence-corrected chi connectivity index (χ0v) is 43.7. The van der Waals surface area contributed by atoms with E-state index in [1.54, 1.807) is 36.4 Å². The summed E-state index contributed by atoms with van der Waals surface area (Å²) in [7, 11) is 1.96. The van der Waals surface area contributed by atoms with E-state index in [2.05, 4.69) is 130 Å². The molecule has 0 aliphatic rings. The Morgan fingerprint density at radius 3 is 1.58 bits per heavy atom. The molecule has 71 heavy (non-hydrogen) atoms. The van der Waals surface area contributed by atoms with Crippen LogP contribution in [-0.2, 0) is 40.0 Å². The summed E-state index contributed by atoms with van der Waals surface area (Å²) in [5, 5.41) is 28.2. The van der Waals surface area contributed by atoms with E-state index in [4.69, 9.17) is 28.4 Å². The van der Waals surface area contributed by atoms with Crippen molar-refractivity contribution < 1.29 is 24.7 Å². The fourth-order valence-corrected chi connectivity index (χ4v) is 9.12. The van der Waals surface area contributed by atoms with Gasteiger partial charge in [-0.15, -0.1) is 23.8 Å². The molecule has 8 rings (SSSR count). The number of hydrogen-bond donors (Lipinski definition) is 0. The minimum atomic E-state index is 0. The number of unbranched alkanes of at least 4 members (excludes halogenated alkanes) is 1. The summed E-state index contributed by atoms with van der Waals surface area (Å²) < 4.78 is 3.89. The van der Waals surface area contributed by atoms with Crippen LogP contribution in [0.15, 0.2) is 91.0 Å². The first-order chi connectivity index (χ1) is 33.6. The smallest absolute Gasteiger partial charge is 0.241 e. The quantitative estimate of drug-likeness (QED) is 0.0769. The second kappa shape index (κ2) is 22.9. The van der Waals surface area contributed by atoms with Crippen molar-refractivity contribution in [2.24, 2.45) is 7.05 Å². The van der Waals surface area contributed by atoms with Crippen LogP contribution in [-0.4, -0.2) is 14.5 Å². The maximum Gasteiger partial charge on any atom is 0.241 e. The molecule has 3 heterocycles. The Morgan fingerprint density at radius 1 is 0.606 bits per heavy atom. The standard InChI is InChI=1S/C48H38N6.C13H12N3.Ir/c1-29-17-31(3)47(32(4)18-29)36-22-40(53-45(25-36)42-16-14-39(51-7)24-38(42)28-50)11-9-10-12-41-23-37(48-33(5)19-30(2)20-34(48)6)26-46(54-41)43-15-13-35(27-49)21-44(43)52-8;1-10-11(2)16(9-15(10)3)13-6-4-12(8-14)5-7-13;/h13-14,17-26H,9-12H2,1-6H3;4-6H,1-3H3;/q-2;-1;. The molecule has 1 radical (unpaired) electrons. The molecule has 8 aromatic rings. The Bertz CT molecular complexity index is 3320. The fourth-order valence-electron chi connectivity index (χ4n) is 9.12. The zero-order valence-electron chi connectivity index (χ0n) is 41.3. The topological polar surface area (TPSA) is 115 Å². The van der Waals surface area contributed by atoms with E-state index in [0.29, 0.717) is 63.4 Å². The maximum absolute atomic E-state index is 10.00. The number of benzene rings is 5. The molecule has 0 amide bonds. The third-order valence-corrected chi connectivity index (χ3v) is 12.4. The SMILES string of the molecule is Cc1c(C)[n+](C)[c-]n1-c1[c-]cc(C#N)cc1.[C-]#[N+]c1c[c-]c(-c2cc(-c3c(C)cc(C)cc3C)cc(CCCCc3cc(-c4c(C)cc(C)cc4C)cc(-c4[c-]cc(C#N)cc4[N+]#[C-])n3)n2)c(C#N)c1.[Ir]. The minimum absolute atomic E-state index is 0. The summed E-state index contributed by atoms with van der Waals surface area (Å²) in [6.45, 7) is 32.0. The monoisotopic (exact) mass is 1100 g/mol. The van der Waals surface area contributed by atoms with Gasteiger partial charge in [-0.3, -0.25) is 0 Å². The minimum Gasteiger partial charge on any atom is -0.345 e. The number of aryl methyl sites for hydroxylation is 9. The molecule has 10 heteroatoms. The third kappa shape index (κ3) is 11.8. The van der Waals surface area contributed by atoms with Gasteiger partial charge >= 0.3 is 0 Å². The van der Waals surface area contributed by atoms with E-state index < -0.39 is 0 Å². The van der Waals surface area contributed by atoms with Gasteiger partial charge in [-0.25, -0.2) is 20.6 Å². The average Bonchev–Trinajstić information content (AvgIpc) is 3.61. The van der Waals surface area contributed by atoms with Crippen LogP contribution < -0.4 is 4.57 Å². The molecule has 5 aromatic carbocycles. The van der Waals surface area contributed by atoms with Crippen LogP contribution in [0.4, 0.5) is 11.4 Å². The van der Waals surface area contributed by atoms with E-state index in [-0.39, 0.29) is 20.1 Å². The van der Waals surface area contributed by atoms with Crippen LogP contribution in [0, 0.1) is 127 Å². The molecule has 0 spiro atoms. The summed E-state index contributed by atoms with van der Waals surface area (Å²) in [6.07, 6.45) is 6.29. The molecule has 9 nitrogen and oxygen atoms in total. The molecule has 0 bridgehead atoms. The molecule has 0 fully saturated rings. The summed E-state index contributed by atoms with van der Waals surface area (Å²) in [4.78, 5) is 17.3. The van der Waals surface area contributed by atoms with Crippen LogP contribution in [0.25, 0.3) is 60.1 Å². The Hall–Kier alpha value is -8.29. The Labute approximate surface area is 432 Å². The van der Waals surface area contributed by atoms with Crippen molar-refractivity contribution in [3.8, 4) is 68.7 Å². The van der Waals surface area contributed by atoms with Gasteiger partial charge in [-0.05, 0) is 166 Å². The second-order valence-electron chi connectivity index (χ2n) is 17.7. The molecule has 0 aliphatic carbocycles. The number of rotatable bonds is 10. The summed E-state index contributed by atoms with van der Waals surface area (Å²) in [5.41, 5.74) is 21.1. The van der Waals surface area contributed by atoms with E-state index in [9.17, 15) is 10.5 Å². The van der Waals surface area contributed by atoms with Crippen LogP contribution in [0.2, 0.25) is 0 Å². The molecule has 0 N–H and O–H groups in total. The van der Waals surface area contributed by atoms with Crippen molar-refractivity contribution in [1.82, 2.24) is 14.5 Å². The molecular weight excluding hydrogens is 1050 g/mol. The van der Waals surface area contributed by atoms with Crippen molar-refractivity contribution in [3.63, 3.8) is 0 Å².